The fraction of sp³-hybridized carbons (Fsp3) is 0.714. The molecule has 2 atom stereocenters. The van der Waals surface area contributed by atoms with E-state index < -0.39 is 24.5 Å². The van der Waals surface area contributed by atoms with E-state index in [0.29, 0.717) is 12.8 Å². The van der Waals surface area contributed by atoms with Crippen LogP contribution in [0.2, 0.25) is 0 Å². The molecule has 0 spiro atoms. The maximum absolute atomic E-state index is 10.2. The van der Waals surface area contributed by atoms with Crippen LogP contribution in [0.3, 0.4) is 0 Å². The summed E-state index contributed by atoms with van der Waals surface area (Å²) in [6.45, 7) is 0. The van der Waals surface area contributed by atoms with Gasteiger partial charge in [0.1, 0.15) is 12.2 Å². The summed E-state index contributed by atoms with van der Waals surface area (Å²) in [6, 6.07) is 0. The van der Waals surface area contributed by atoms with Crippen LogP contribution in [0.25, 0.3) is 0 Å². The van der Waals surface area contributed by atoms with E-state index in [-0.39, 0.29) is 0 Å². The maximum Gasteiger partial charge on any atom is 0.506 e. The van der Waals surface area contributed by atoms with Gasteiger partial charge in [0, 0.05) is 0 Å². The van der Waals surface area contributed by atoms with Crippen molar-refractivity contribution in [2.24, 2.45) is 0 Å². The summed E-state index contributed by atoms with van der Waals surface area (Å²) in [5.41, 5.74) is 0. The molecule has 0 aromatic carbocycles. The molecule has 0 heterocycles. The summed E-state index contributed by atoms with van der Waals surface area (Å²) < 4.78 is 8.91. The van der Waals surface area contributed by atoms with Crippen LogP contribution in [0.4, 0.5) is 9.59 Å². The first-order chi connectivity index (χ1) is 6.09. The minimum absolute atomic E-state index is 0.518. The second-order valence-electron chi connectivity index (χ2n) is 2.78. The van der Waals surface area contributed by atoms with Gasteiger partial charge in [-0.15, -0.1) is 0 Å². The van der Waals surface area contributed by atoms with Gasteiger partial charge < -0.3 is 19.7 Å². The molecular formula is C7H10O6. The molecule has 1 rings (SSSR count). The van der Waals surface area contributed by atoms with Crippen molar-refractivity contribution >= 4 is 12.3 Å². The van der Waals surface area contributed by atoms with Gasteiger partial charge in [-0.2, -0.15) is 0 Å². The van der Waals surface area contributed by atoms with Crippen LogP contribution < -0.4 is 0 Å². The molecule has 0 radical (unpaired) electrons. The van der Waals surface area contributed by atoms with Crippen LogP contribution in [-0.2, 0) is 9.47 Å². The molecule has 0 amide bonds. The van der Waals surface area contributed by atoms with Gasteiger partial charge in [0.15, 0.2) is 0 Å². The highest BCUT2D eigenvalue weighted by Gasteiger charge is 2.33. The lowest BCUT2D eigenvalue weighted by Crippen LogP contribution is -2.29. The fourth-order valence-electron chi connectivity index (χ4n) is 1.42. The third kappa shape index (κ3) is 2.81. The highest BCUT2D eigenvalue weighted by atomic mass is 16.7. The van der Waals surface area contributed by atoms with Gasteiger partial charge in [-0.05, 0) is 19.3 Å². The number of hydrogen-bond acceptors (Lipinski definition) is 4. The average molecular weight is 190 g/mol. The Labute approximate surface area is 74.1 Å². The summed E-state index contributed by atoms with van der Waals surface area (Å²) in [5.74, 6) is 0. The zero-order chi connectivity index (χ0) is 9.84. The normalized spacial score (nSPS) is 26.8. The van der Waals surface area contributed by atoms with E-state index in [2.05, 4.69) is 9.47 Å². The Balaban J connectivity index is 2.43. The topological polar surface area (TPSA) is 93.1 Å². The lowest BCUT2D eigenvalue weighted by Gasteiger charge is -2.16. The Hall–Kier alpha value is -1.46. The lowest BCUT2D eigenvalue weighted by atomic mass is 10.2. The maximum atomic E-state index is 10.2. The van der Waals surface area contributed by atoms with E-state index in [1.807, 2.05) is 0 Å². The quantitative estimate of drug-likeness (QED) is 0.637. The first-order valence-corrected chi connectivity index (χ1v) is 3.88. The Morgan fingerprint density at radius 1 is 1.00 bits per heavy atom. The highest BCUT2D eigenvalue weighted by molar-refractivity contribution is 5.58. The number of hydrogen-bond donors (Lipinski definition) is 2. The molecule has 6 heteroatoms. The second-order valence-corrected chi connectivity index (χ2v) is 2.78. The van der Waals surface area contributed by atoms with E-state index >= 15 is 0 Å². The minimum atomic E-state index is -1.40. The van der Waals surface area contributed by atoms with Crippen molar-refractivity contribution in [3.05, 3.63) is 0 Å². The molecule has 0 bridgehead atoms. The predicted octanol–water partition coefficient (Wildman–Crippen LogP) is 1.30. The summed E-state index contributed by atoms with van der Waals surface area (Å²) in [5, 5.41) is 16.6. The van der Waals surface area contributed by atoms with Crippen molar-refractivity contribution in [2.75, 3.05) is 0 Å². The fourth-order valence-corrected chi connectivity index (χ4v) is 1.42. The smallest absolute Gasteiger partial charge is 0.450 e. The van der Waals surface area contributed by atoms with E-state index in [1.54, 1.807) is 0 Å². The Morgan fingerprint density at radius 2 is 1.38 bits per heavy atom. The van der Waals surface area contributed by atoms with Crippen LogP contribution in [0.1, 0.15) is 19.3 Å². The largest absolute Gasteiger partial charge is 0.506 e. The van der Waals surface area contributed by atoms with Crippen molar-refractivity contribution in [3.63, 3.8) is 0 Å². The van der Waals surface area contributed by atoms with Gasteiger partial charge in [-0.3, -0.25) is 0 Å². The minimum Gasteiger partial charge on any atom is -0.450 e. The molecule has 0 aliphatic heterocycles. The lowest BCUT2D eigenvalue weighted by molar-refractivity contribution is -0.0256. The molecule has 0 saturated heterocycles. The number of rotatable bonds is 2. The van der Waals surface area contributed by atoms with Gasteiger partial charge in [0.2, 0.25) is 0 Å². The summed E-state index contributed by atoms with van der Waals surface area (Å²) in [6.07, 6.45) is -2.33. The van der Waals surface area contributed by atoms with Crippen LogP contribution >= 0.6 is 0 Å². The number of ether oxygens (including phenoxy) is 2. The molecule has 1 aliphatic carbocycles. The van der Waals surface area contributed by atoms with Gasteiger partial charge in [0.25, 0.3) is 0 Å². The average Bonchev–Trinajstić information content (AvgIpc) is 2.34. The van der Waals surface area contributed by atoms with Crippen molar-refractivity contribution in [1.29, 1.82) is 0 Å². The van der Waals surface area contributed by atoms with Gasteiger partial charge >= 0.3 is 12.3 Å². The van der Waals surface area contributed by atoms with Gasteiger partial charge in [-0.25, -0.2) is 9.59 Å². The van der Waals surface area contributed by atoms with Gasteiger partial charge in [-0.1, -0.05) is 0 Å². The summed E-state index contributed by atoms with van der Waals surface area (Å²) >= 11 is 0. The number of carboxylic acid groups (broad SMARTS) is 2. The second kappa shape index (κ2) is 3.97. The molecule has 1 saturated carbocycles. The van der Waals surface area contributed by atoms with Crippen LogP contribution in [-0.4, -0.2) is 34.7 Å². The monoisotopic (exact) mass is 190 g/mol. The molecule has 1 aliphatic rings. The molecular weight excluding hydrogens is 180 g/mol. The van der Waals surface area contributed by atoms with Crippen molar-refractivity contribution in [2.45, 2.75) is 31.5 Å². The zero-order valence-electron chi connectivity index (χ0n) is 6.80. The Morgan fingerprint density at radius 3 is 1.69 bits per heavy atom. The van der Waals surface area contributed by atoms with Crippen molar-refractivity contribution in [3.8, 4) is 0 Å². The molecule has 0 aromatic rings. The van der Waals surface area contributed by atoms with E-state index in [9.17, 15) is 9.59 Å². The SMILES string of the molecule is O=C(O)OC1CCCC1OC(=O)O. The first kappa shape index (κ1) is 9.63. The summed E-state index contributed by atoms with van der Waals surface area (Å²) in [4.78, 5) is 20.3. The molecule has 2 unspecified atom stereocenters. The van der Waals surface area contributed by atoms with Crippen LogP contribution in [0, 0.1) is 0 Å². The standard InChI is InChI=1S/C7H10O6/c8-6(9)12-4-2-1-3-5(4)13-7(10)11/h4-5H,1-3H2,(H,8,9)(H,10,11). The zero-order valence-corrected chi connectivity index (χ0v) is 6.80. The first-order valence-electron chi connectivity index (χ1n) is 3.88. The Kier molecular flexibility index (Phi) is 2.94. The molecule has 6 nitrogen and oxygen atoms in total. The van der Waals surface area contributed by atoms with E-state index in [1.165, 1.54) is 0 Å². The predicted molar refractivity (Wildman–Crippen MR) is 39.6 cm³/mol. The van der Waals surface area contributed by atoms with Crippen molar-refractivity contribution in [1.82, 2.24) is 0 Å². The highest BCUT2D eigenvalue weighted by Crippen LogP contribution is 2.24. The third-order valence-corrected chi connectivity index (χ3v) is 1.90. The third-order valence-electron chi connectivity index (χ3n) is 1.90. The molecule has 1 fully saturated rings. The summed E-state index contributed by atoms with van der Waals surface area (Å²) in [7, 11) is 0. The molecule has 74 valence electrons. The van der Waals surface area contributed by atoms with Gasteiger partial charge in [0.05, 0.1) is 0 Å². The van der Waals surface area contributed by atoms with Crippen LogP contribution in [0.15, 0.2) is 0 Å². The molecule has 0 aromatic heterocycles. The molecule has 2 N–H and O–H groups in total. The van der Waals surface area contributed by atoms with Crippen molar-refractivity contribution < 1.29 is 29.3 Å². The van der Waals surface area contributed by atoms with E-state index in [0.717, 1.165) is 6.42 Å². The molecule has 13 heavy (non-hydrogen) atoms. The Bertz CT molecular complexity index is 191. The van der Waals surface area contributed by atoms with Crippen LogP contribution in [0.5, 0.6) is 0 Å². The number of carbonyl (C=O) groups is 2. The van der Waals surface area contributed by atoms with E-state index in [4.69, 9.17) is 10.2 Å².